The van der Waals surface area contributed by atoms with E-state index in [2.05, 4.69) is 15.3 Å². The first-order valence-corrected chi connectivity index (χ1v) is 6.57. The minimum absolute atomic E-state index is 0.329. The first-order valence-electron chi connectivity index (χ1n) is 6.19. The molecule has 1 fully saturated rings. The lowest BCUT2D eigenvalue weighted by Gasteiger charge is -2.08. The Morgan fingerprint density at radius 1 is 1.26 bits per heavy atom. The van der Waals surface area contributed by atoms with Gasteiger partial charge in [-0.15, -0.1) is 0 Å². The molecule has 0 spiro atoms. The highest BCUT2D eigenvalue weighted by molar-refractivity contribution is 6.33. The Bertz CT molecular complexity index is 626. The topological polar surface area (TPSA) is 37.8 Å². The van der Waals surface area contributed by atoms with Gasteiger partial charge in [-0.3, -0.25) is 0 Å². The van der Waals surface area contributed by atoms with E-state index < -0.39 is 0 Å². The lowest BCUT2D eigenvalue weighted by atomic mass is 10.2. The third kappa shape index (κ3) is 2.54. The van der Waals surface area contributed by atoms with Gasteiger partial charge in [-0.25, -0.2) is 14.4 Å². The summed E-state index contributed by atoms with van der Waals surface area (Å²) in [5.74, 6) is 1.46. The Morgan fingerprint density at radius 3 is 2.68 bits per heavy atom. The van der Waals surface area contributed by atoms with Gasteiger partial charge >= 0.3 is 0 Å². The summed E-state index contributed by atoms with van der Waals surface area (Å²) in [6.45, 7) is 0. The number of benzene rings is 1. The maximum absolute atomic E-state index is 13.1. The summed E-state index contributed by atoms with van der Waals surface area (Å²) in [6, 6.07) is 6.22. The van der Waals surface area contributed by atoms with Gasteiger partial charge in [0.2, 0.25) is 0 Å². The molecule has 3 nitrogen and oxygen atoms in total. The van der Waals surface area contributed by atoms with Crippen molar-refractivity contribution in [1.82, 2.24) is 9.97 Å². The van der Waals surface area contributed by atoms with E-state index in [0.29, 0.717) is 22.3 Å². The van der Waals surface area contributed by atoms with Crippen LogP contribution in [-0.4, -0.2) is 17.0 Å². The molecule has 1 aliphatic carbocycles. The standard InChI is InChI=1S/C14H13ClFN3/c1-17-13-7-12(8-2-3-8)18-14(19-13)10-5-4-9(16)6-11(10)15/h4-8H,2-3H2,1H3,(H,17,18,19). The molecule has 0 atom stereocenters. The summed E-state index contributed by atoms with van der Waals surface area (Å²) in [5.41, 5.74) is 1.68. The normalized spacial score (nSPS) is 14.5. The molecule has 1 aromatic heterocycles. The summed E-state index contributed by atoms with van der Waals surface area (Å²) in [6.07, 6.45) is 2.33. The van der Waals surface area contributed by atoms with E-state index >= 15 is 0 Å². The van der Waals surface area contributed by atoms with Crippen LogP contribution in [0.4, 0.5) is 10.2 Å². The molecule has 0 saturated heterocycles. The summed E-state index contributed by atoms with van der Waals surface area (Å²) in [5, 5.41) is 3.35. The maximum atomic E-state index is 13.1. The van der Waals surface area contributed by atoms with E-state index in [1.807, 2.05) is 13.1 Å². The van der Waals surface area contributed by atoms with Crippen molar-refractivity contribution in [2.75, 3.05) is 12.4 Å². The minimum atomic E-state index is -0.360. The Balaban J connectivity index is 2.10. The average molecular weight is 278 g/mol. The van der Waals surface area contributed by atoms with Crippen molar-refractivity contribution < 1.29 is 4.39 Å². The predicted molar refractivity (Wildman–Crippen MR) is 74.0 cm³/mol. The van der Waals surface area contributed by atoms with E-state index in [0.717, 1.165) is 24.4 Å². The van der Waals surface area contributed by atoms with Crippen molar-refractivity contribution in [3.05, 3.63) is 40.8 Å². The van der Waals surface area contributed by atoms with Crippen molar-refractivity contribution in [2.24, 2.45) is 0 Å². The van der Waals surface area contributed by atoms with Gasteiger partial charge in [0, 0.05) is 30.3 Å². The number of nitrogens with one attached hydrogen (secondary N) is 1. The molecular formula is C14H13ClFN3. The largest absolute Gasteiger partial charge is 0.373 e. The molecule has 1 aromatic carbocycles. The monoisotopic (exact) mass is 277 g/mol. The summed E-state index contributed by atoms with van der Waals surface area (Å²) in [7, 11) is 1.81. The van der Waals surface area contributed by atoms with Crippen LogP contribution in [-0.2, 0) is 0 Å². The van der Waals surface area contributed by atoms with Crippen LogP contribution in [0, 0.1) is 5.82 Å². The van der Waals surface area contributed by atoms with Crippen molar-refractivity contribution in [1.29, 1.82) is 0 Å². The predicted octanol–water partition coefficient (Wildman–Crippen LogP) is 3.86. The quantitative estimate of drug-likeness (QED) is 0.926. The number of anilines is 1. The number of hydrogen-bond acceptors (Lipinski definition) is 3. The van der Waals surface area contributed by atoms with Crippen LogP contribution < -0.4 is 5.32 Å². The van der Waals surface area contributed by atoms with E-state index in [1.165, 1.54) is 12.1 Å². The third-order valence-corrected chi connectivity index (χ3v) is 3.48. The van der Waals surface area contributed by atoms with Gasteiger partial charge in [-0.1, -0.05) is 11.6 Å². The molecule has 19 heavy (non-hydrogen) atoms. The highest BCUT2D eigenvalue weighted by Gasteiger charge is 2.26. The molecule has 1 saturated carbocycles. The Kier molecular flexibility index (Phi) is 3.11. The van der Waals surface area contributed by atoms with Crippen LogP contribution in [0.2, 0.25) is 5.02 Å². The Morgan fingerprint density at radius 2 is 2.05 bits per heavy atom. The number of nitrogens with zero attached hydrogens (tertiary/aromatic N) is 2. The summed E-state index contributed by atoms with van der Waals surface area (Å²) < 4.78 is 13.1. The fraction of sp³-hybridized carbons (Fsp3) is 0.286. The molecule has 0 radical (unpaired) electrons. The molecule has 5 heteroatoms. The average Bonchev–Trinajstić information content (AvgIpc) is 3.22. The molecule has 1 aliphatic rings. The molecule has 0 unspecified atom stereocenters. The van der Waals surface area contributed by atoms with Gasteiger partial charge in [-0.05, 0) is 31.0 Å². The fourth-order valence-corrected chi connectivity index (χ4v) is 2.23. The molecule has 1 heterocycles. The van der Waals surface area contributed by atoms with Gasteiger partial charge in [-0.2, -0.15) is 0 Å². The second-order valence-corrected chi connectivity index (χ2v) is 5.06. The van der Waals surface area contributed by atoms with Gasteiger partial charge in [0.05, 0.1) is 5.02 Å². The SMILES string of the molecule is CNc1cc(C2CC2)nc(-c2ccc(F)cc2Cl)n1. The van der Waals surface area contributed by atoms with E-state index in [-0.39, 0.29) is 5.82 Å². The molecule has 98 valence electrons. The smallest absolute Gasteiger partial charge is 0.163 e. The minimum Gasteiger partial charge on any atom is -0.373 e. The highest BCUT2D eigenvalue weighted by atomic mass is 35.5. The molecule has 2 aromatic rings. The lowest BCUT2D eigenvalue weighted by Crippen LogP contribution is -2.00. The second-order valence-electron chi connectivity index (χ2n) is 4.65. The fourth-order valence-electron chi connectivity index (χ4n) is 1.97. The van der Waals surface area contributed by atoms with Crippen LogP contribution in [0.25, 0.3) is 11.4 Å². The summed E-state index contributed by atoms with van der Waals surface area (Å²) >= 11 is 6.07. The van der Waals surface area contributed by atoms with Crippen LogP contribution in [0.5, 0.6) is 0 Å². The van der Waals surface area contributed by atoms with Crippen molar-refractivity contribution in [3.63, 3.8) is 0 Å². The van der Waals surface area contributed by atoms with Crippen LogP contribution in [0.3, 0.4) is 0 Å². The van der Waals surface area contributed by atoms with Gasteiger partial charge in [0.1, 0.15) is 11.6 Å². The summed E-state index contributed by atoms with van der Waals surface area (Å²) in [4.78, 5) is 8.94. The molecule has 3 rings (SSSR count). The van der Waals surface area contributed by atoms with Crippen molar-refractivity contribution >= 4 is 17.4 Å². The first-order chi connectivity index (χ1) is 9.17. The van der Waals surface area contributed by atoms with Crippen molar-refractivity contribution in [2.45, 2.75) is 18.8 Å². The highest BCUT2D eigenvalue weighted by Crippen LogP contribution is 2.40. The van der Waals surface area contributed by atoms with E-state index in [1.54, 1.807) is 6.07 Å². The lowest BCUT2D eigenvalue weighted by molar-refractivity contribution is 0.628. The van der Waals surface area contributed by atoms with Gasteiger partial charge < -0.3 is 5.32 Å². The number of halogens is 2. The number of rotatable bonds is 3. The molecular weight excluding hydrogens is 265 g/mol. The van der Waals surface area contributed by atoms with E-state index in [4.69, 9.17) is 11.6 Å². The Hall–Kier alpha value is -1.68. The van der Waals surface area contributed by atoms with Crippen LogP contribution >= 0.6 is 11.6 Å². The van der Waals surface area contributed by atoms with Crippen LogP contribution in [0.1, 0.15) is 24.5 Å². The number of hydrogen-bond donors (Lipinski definition) is 1. The number of aromatic nitrogens is 2. The van der Waals surface area contributed by atoms with Crippen molar-refractivity contribution in [3.8, 4) is 11.4 Å². The van der Waals surface area contributed by atoms with E-state index in [9.17, 15) is 4.39 Å². The molecule has 1 N–H and O–H groups in total. The zero-order valence-electron chi connectivity index (χ0n) is 10.5. The molecule has 0 aliphatic heterocycles. The van der Waals surface area contributed by atoms with Gasteiger partial charge in [0.15, 0.2) is 5.82 Å². The van der Waals surface area contributed by atoms with Crippen LogP contribution in [0.15, 0.2) is 24.3 Å². The second kappa shape index (κ2) is 4.78. The zero-order valence-corrected chi connectivity index (χ0v) is 11.2. The molecule has 0 amide bonds. The first kappa shape index (κ1) is 12.4. The van der Waals surface area contributed by atoms with Gasteiger partial charge in [0.25, 0.3) is 0 Å². The maximum Gasteiger partial charge on any atom is 0.163 e. The third-order valence-electron chi connectivity index (χ3n) is 3.17. The molecule has 0 bridgehead atoms. The zero-order chi connectivity index (χ0) is 13.4. The Labute approximate surface area is 115 Å².